The van der Waals surface area contributed by atoms with E-state index in [1.807, 2.05) is 0 Å². The number of carbonyl (C=O) groups is 2. The third kappa shape index (κ3) is 1.87. The second-order valence-electron chi connectivity index (χ2n) is 2.82. The van der Waals surface area contributed by atoms with Crippen LogP contribution in [0, 0.1) is 0 Å². The van der Waals surface area contributed by atoms with Crippen LogP contribution < -0.4 is 5.32 Å². The van der Waals surface area contributed by atoms with Crippen molar-refractivity contribution in [2.45, 2.75) is 20.0 Å². The first kappa shape index (κ1) is 8.83. The van der Waals surface area contributed by atoms with Gasteiger partial charge in [0.25, 0.3) is 0 Å². The fraction of sp³-hybridized carbons (Fsp3) is 0.714. The highest BCUT2D eigenvalue weighted by molar-refractivity contribution is 5.92. The smallest absolute Gasteiger partial charge is 0.418 e. The number of urea groups is 1. The Morgan fingerprint density at radius 3 is 2.75 bits per heavy atom. The Morgan fingerprint density at radius 1 is 1.67 bits per heavy atom. The number of carbonyl (C=O) groups excluding carboxylic acids is 2. The van der Waals surface area contributed by atoms with Gasteiger partial charge in [-0.3, -0.25) is 0 Å². The molecule has 68 valence electrons. The van der Waals surface area contributed by atoms with Crippen LogP contribution in [-0.4, -0.2) is 36.2 Å². The Morgan fingerprint density at radius 2 is 2.33 bits per heavy atom. The van der Waals surface area contributed by atoms with E-state index in [0.717, 1.165) is 4.90 Å². The highest BCUT2D eigenvalue weighted by Crippen LogP contribution is 2.02. The molecule has 12 heavy (non-hydrogen) atoms. The zero-order chi connectivity index (χ0) is 9.14. The monoisotopic (exact) mass is 172 g/mol. The van der Waals surface area contributed by atoms with Gasteiger partial charge in [-0.15, -0.1) is 0 Å². The number of hydrogen-bond acceptors (Lipinski definition) is 3. The zero-order valence-electron chi connectivity index (χ0n) is 7.16. The first-order valence-electron chi connectivity index (χ1n) is 3.87. The summed E-state index contributed by atoms with van der Waals surface area (Å²) in [5.74, 6) is 0. The van der Waals surface area contributed by atoms with Crippen LogP contribution in [0.3, 0.4) is 0 Å². The van der Waals surface area contributed by atoms with Gasteiger partial charge in [0.15, 0.2) is 0 Å². The number of amides is 3. The number of imide groups is 1. The molecule has 0 atom stereocenters. The van der Waals surface area contributed by atoms with Gasteiger partial charge < -0.3 is 10.1 Å². The molecule has 3 amide bonds. The highest BCUT2D eigenvalue weighted by Gasteiger charge is 2.27. The number of rotatable bonds is 1. The number of nitrogens with one attached hydrogen (secondary N) is 1. The molecule has 1 fully saturated rings. The minimum Gasteiger partial charge on any atom is -0.446 e. The molecule has 1 saturated heterocycles. The number of hydrogen-bond donors (Lipinski definition) is 1. The SMILES string of the molecule is CC(C)OC(=O)N1CCNC1=O. The van der Waals surface area contributed by atoms with Gasteiger partial charge in [-0.1, -0.05) is 0 Å². The number of ether oxygens (including phenoxy) is 1. The second kappa shape index (κ2) is 3.42. The van der Waals surface area contributed by atoms with Crippen LogP contribution in [-0.2, 0) is 4.74 Å². The molecule has 0 aliphatic carbocycles. The van der Waals surface area contributed by atoms with E-state index in [1.54, 1.807) is 13.8 Å². The first-order valence-corrected chi connectivity index (χ1v) is 3.87. The lowest BCUT2D eigenvalue weighted by Gasteiger charge is -2.14. The van der Waals surface area contributed by atoms with Gasteiger partial charge >= 0.3 is 12.1 Å². The van der Waals surface area contributed by atoms with E-state index in [-0.39, 0.29) is 12.1 Å². The Labute approximate surface area is 70.7 Å². The molecule has 1 heterocycles. The van der Waals surface area contributed by atoms with E-state index in [1.165, 1.54) is 0 Å². The van der Waals surface area contributed by atoms with Crippen molar-refractivity contribution in [3.63, 3.8) is 0 Å². The molecular formula is C7H12N2O3. The van der Waals surface area contributed by atoms with Crippen molar-refractivity contribution in [2.24, 2.45) is 0 Å². The fourth-order valence-corrected chi connectivity index (χ4v) is 0.911. The maximum absolute atomic E-state index is 11.1. The molecule has 1 N–H and O–H groups in total. The molecule has 1 rings (SSSR count). The summed E-state index contributed by atoms with van der Waals surface area (Å²) in [4.78, 5) is 23.1. The predicted octanol–water partition coefficient (Wildman–Crippen LogP) is 0.557. The minimum absolute atomic E-state index is 0.189. The molecule has 0 radical (unpaired) electrons. The summed E-state index contributed by atoms with van der Waals surface area (Å²) < 4.78 is 4.83. The zero-order valence-corrected chi connectivity index (χ0v) is 7.16. The number of nitrogens with zero attached hydrogens (tertiary/aromatic N) is 1. The van der Waals surface area contributed by atoms with Crippen LogP contribution in [0.5, 0.6) is 0 Å². The summed E-state index contributed by atoms with van der Waals surface area (Å²) in [6.07, 6.45) is -0.758. The average Bonchev–Trinajstić information content (AvgIpc) is 2.33. The molecule has 0 bridgehead atoms. The van der Waals surface area contributed by atoms with Crippen molar-refractivity contribution in [1.29, 1.82) is 0 Å². The third-order valence-electron chi connectivity index (χ3n) is 1.41. The molecule has 0 aromatic heterocycles. The van der Waals surface area contributed by atoms with Gasteiger partial charge in [0.2, 0.25) is 0 Å². The molecule has 5 heteroatoms. The van der Waals surface area contributed by atoms with Crippen LogP contribution in [0.15, 0.2) is 0 Å². The standard InChI is InChI=1S/C7H12N2O3/c1-5(2)12-7(11)9-4-3-8-6(9)10/h5H,3-4H2,1-2H3,(H,8,10). The van der Waals surface area contributed by atoms with Crippen molar-refractivity contribution in [1.82, 2.24) is 10.2 Å². The summed E-state index contributed by atoms with van der Waals surface area (Å²) in [6, 6.07) is -0.374. The molecule has 0 saturated carbocycles. The van der Waals surface area contributed by atoms with Crippen molar-refractivity contribution in [2.75, 3.05) is 13.1 Å². The van der Waals surface area contributed by atoms with Crippen LogP contribution in [0.1, 0.15) is 13.8 Å². The van der Waals surface area contributed by atoms with Crippen LogP contribution >= 0.6 is 0 Å². The first-order chi connectivity index (χ1) is 5.61. The van der Waals surface area contributed by atoms with E-state index in [9.17, 15) is 9.59 Å². The summed E-state index contributed by atoms with van der Waals surface area (Å²) in [5.41, 5.74) is 0. The molecule has 1 aliphatic rings. The summed E-state index contributed by atoms with van der Waals surface area (Å²) in [7, 11) is 0. The van der Waals surface area contributed by atoms with Crippen molar-refractivity contribution < 1.29 is 14.3 Å². The van der Waals surface area contributed by atoms with E-state index in [2.05, 4.69) is 5.32 Å². The Hall–Kier alpha value is -1.26. The molecule has 5 nitrogen and oxygen atoms in total. The molecule has 0 spiro atoms. The highest BCUT2D eigenvalue weighted by atomic mass is 16.6. The molecular weight excluding hydrogens is 160 g/mol. The lowest BCUT2D eigenvalue weighted by molar-refractivity contribution is 0.0903. The van der Waals surface area contributed by atoms with Crippen molar-refractivity contribution in [3.8, 4) is 0 Å². The Bertz CT molecular complexity index is 203. The second-order valence-corrected chi connectivity index (χ2v) is 2.82. The maximum Gasteiger partial charge on any atom is 0.418 e. The van der Waals surface area contributed by atoms with Crippen LogP contribution in [0.2, 0.25) is 0 Å². The summed E-state index contributed by atoms with van der Waals surface area (Å²) in [6.45, 7) is 4.38. The summed E-state index contributed by atoms with van der Waals surface area (Å²) in [5, 5.41) is 2.51. The fourth-order valence-electron chi connectivity index (χ4n) is 0.911. The van der Waals surface area contributed by atoms with Gasteiger partial charge in [0.05, 0.1) is 12.6 Å². The van der Waals surface area contributed by atoms with Crippen LogP contribution in [0.4, 0.5) is 9.59 Å². The van der Waals surface area contributed by atoms with Crippen molar-refractivity contribution >= 4 is 12.1 Å². The van der Waals surface area contributed by atoms with Gasteiger partial charge in [-0.05, 0) is 13.8 Å². The van der Waals surface area contributed by atoms with Crippen LogP contribution in [0.25, 0.3) is 0 Å². The molecule has 0 aromatic rings. The van der Waals surface area contributed by atoms with Crippen molar-refractivity contribution in [3.05, 3.63) is 0 Å². The Balaban J connectivity index is 2.46. The van der Waals surface area contributed by atoms with Gasteiger partial charge in [0, 0.05) is 6.54 Å². The molecule has 1 aliphatic heterocycles. The normalized spacial score (nSPS) is 16.6. The maximum atomic E-state index is 11.1. The predicted molar refractivity (Wildman–Crippen MR) is 41.7 cm³/mol. The average molecular weight is 172 g/mol. The third-order valence-corrected chi connectivity index (χ3v) is 1.41. The van der Waals surface area contributed by atoms with E-state index in [4.69, 9.17) is 4.74 Å². The Kier molecular flexibility index (Phi) is 2.52. The quantitative estimate of drug-likeness (QED) is 0.628. The largest absolute Gasteiger partial charge is 0.446 e. The van der Waals surface area contributed by atoms with Gasteiger partial charge in [-0.2, -0.15) is 0 Å². The molecule has 0 unspecified atom stereocenters. The van der Waals surface area contributed by atoms with E-state index in [0.29, 0.717) is 13.1 Å². The topological polar surface area (TPSA) is 58.6 Å². The van der Waals surface area contributed by atoms with Gasteiger partial charge in [-0.25, -0.2) is 14.5 Å². The van der Waals surface area contributed by atoms with E-state index < -0.39 is 6.09 Å². The minimum atomic E-state index is -0.569. The van der Waals surface area contributed by atoms with Gasteiger partial charge in [0.1, 0.15) is 0 Å². The summed E-state index contributed by atoms with van der Waals surface area (Å²) >= 11 is 0. The van der Waals surface area contributed by atoms with E-state index >= 15 is 0 Å². The lowest BCUT2D eigenvalue weighted by atomic mass is 10.5. The molecule has 0 aromatic carbocycles. The lowest BCUT2D eigenvalue weighted by Crippen LogP contribution is -2.35.